The number of nitrogens with one attached hydrogen (secondary N) is 2. The lowest BCUT2D eigenvalue weighted by atomic mass is 10.0. The summed E-state index contributed by atoms with van der Waals surface area (Å²) in [4.78, 5) is 0. The van der Waals surface area contributed by atoms with Crippen molar-refractivity contribution in [2.45, 2.75) is 33.2 Å². The number of nitrogens with zero attached hydrogens (tertiary/aromatic N) is 1. The molecule has 0 aliphatic heterocycles. The number of H-pyrrole nitrogens is 1. The Hall–Kier alpha value is -1.51. The monoisotopic (exact) mass is 217 g/mol. The third-order valence-corrected chi connectivity index (χ3v) is 2.70. The van der Waals surface area contributed by atoms with E-state index in [2.05, 4.69) is 54.5 Å². The Kier molecular flexibility index (Phi) is 3.13. The number of benzene rings is 1. The molecule has 0 fully saturated rings. The lowest BCUT2D eigenvalue weighted by Crippen LogP contribution is -2.17. The Balaban J connectivity index is 2.17. The van der Waals surface area contributed by atoms with Crippen LogP contribution < -0.4 is 5.32 Å². The zero-order valence-corrected chi connectivity index (χ0v) is 10.1. The van der Waals surface area contributed by atoms with E-state index in [0.717, 1.165) is 16.6 Å². The fourth-order valence-corrected chi connectivity index (χ4v) is 2.12. The molecule has 1 atom stereocenters. The maximum atomic E-state index is 4.07. The van der Waals surface area contributed by atoms with Crippen LogP contribution in [0.1, 0.15) is 27.2 Å². The molecule has 0 saturated heterocycles. The van der Waals surface area contributed by atoms with Crippen molar-refractivity contribution in [1.29, 1.82) is 0 Å². The summed E-state index contributed by atoms with van der Waals surface area (Å²) in [7, 11) is 0. The van der Waals surface area contributed by atoms with Crippen LogP contribution in [0.25, 0.3) is 10.9 Å². The Morgan fingerprint density at radius 3 is 2.88 bits per heavy atom. The number of aromatic amines is 1. The fourth-order valence-electron chi connectivity index (χ4n) is 2.12. The van der Waals surface area contributed by atoms with Gasteiger partial charge in [-0.1, -0.05) is 26.0 Å². The Morgan fingerprint density at radius 1 is 1.31 bits per heavy atom. The third kappa shape index (κ3) is 2.35. The van der Waals surface area contributed by atoms with Gasteiger partial charge in [0.25, 0.3) is 0 Å². The SMILES string of the molecule is CC(C)C[C@H](C)Nc1cccc2cn[nH]c12. The van der Waals surface area contributed by atoms with Gasteiger partial charge in [0.15, 0.2) is 0 Å². The van der Waals surface area contributed by atoms with E-state index < -0.39 is 0 Å². The Morgan fingerprint density at radius 2 is 2.12 bits per heavy atom. The van der Waals surface area contributed by atoms with E-state index in [1.165, 1.54) is 6.42 Å². The number of fused-ring (bicyclic) bond motifs is 1. The molecule has 16 heavy (non-hydrogen) atoms. The van der Waals surface area contributed by atoms with Crippen LogP contribution in [0.5, 0.6) is 0 Å². The first kappa shape index (κ1) is 11.0. The highest BCUT2D eigenvalue weighted by Crippen LogP contribution is 2.22. The van der Waals surface area contributed by atoms with Crippen molar-refractivity contribution in [2.24, 2.45) is 5.92 Å². The van der Waals surface area contributed by atoms with Crippen LogP contribution in [0.3, 0.4) is 0 Å². The lowest BCUT2D eigenvalue weighted by molar-refractivity contribution is 0.540. The predicted octanol–water partition coefficient (Wildman–Crippen LogP) is 3.41. The van der Waals surface area contributed by atoms with Gasteiger partial charge in [-0.25, -0.2) is 0 Å². The molecule has 0 saturated carbocycles. The second-order valence-corrected chi connectivity index (χ2v) is 4.81. The van der Waals surface area contributed by atoms with Crippen LogP contribution in [0.2, 0.25) is 0 Å². The van der Waals surface area contributed by atoms with Crippen molar-refractivity contribution in [3.05, 3.63) is 24.4 Å². The lowest BCUT2D eigenvalue weighted by Gasteiger charge is -2.17. The van der Waals surface area contributed by atoms with E-state index in [-0.39, 0.29) is 0 Å². The molecular formula is C13H19N3. The van der Waals surface area contributed by atoms with E-state index in [1.807, 2.05) is 6.20 Å². The van der Waals surface area contributed by atoms with Gasteiger partial charge < -0.3 is 5.32 Å². The van der Waals surface area contributed by atoms with Crippen molar-refractivity contribution in [3.8, 4) is 0 Å². The van der Waals surface area contributed by atoms with Crippen molar-refractivity contribution in [3.63, 3.8) is 0 Å². The van der Waals surface area contributed by atoms with Crippen LogP contribution in [-0.2, 0) is 0 Å². The zero-order valence-electron chi connectivity index (χ0n) is 10.1. The third-order valence-electron chi connectivity index (χ3n) is 2.70. The summed E-state index contributed by atoms with van der Waals surface area (Å²) in [5.41, 5.74) is 2.24. The highest BCUT2D eigenvalue weighted by atomic mass is 15.1. The summed E-state index contributed by atoms with van der Waals surface area (Å²) in [6.07, 6.45) is 3.03. The van der Waals surface area contributed by atoms with Crippen molar-refractivity contribution in [1.82, 2.24) is 10.2 Å². The highest BCUT2D eigenvalue weighted by molar-refractivity contribution is 5.89. The van der Waals surface area contributed by atoms with E-state index in [9.17, 15) is 0 Å². The van der Waals surface area contributed by atoms with Crippen LogP contribution in [0, 0.1) is 5.92 Å². The van der Waals surface area contributed by atoms with Gasteiger partial charge in [0, 0.05) is 11.4 Å². The predicted molar refractivity (Wildman–Crippen MR) is 68.6 cm³/mol. The van der Waals surface area contributed by atoms with Crippen LogP contribution >= 0.6 is 0 Å². The second kappa shape index (κ2) is 4.56. The molecule has 0 aliphatic carbocycles. The van der Waals surface area contributed by atoms with E-state index in [4.69, 9.17) is 0 Å². The maximum absolute atomic E-state index is 4.07. The molecule has 3 nitrogen and oxygen atoms in total. The average Bonchev–Trinajstić information content (AvgIpc) is 2.65. The van der Waals surface area contributed by atoms with Gasteiger partial charge >= 0.3 is 0 Å². The van der Waals surface area contributed by atoms with Gasteiger partial charge in [-0.3, -0.25) is 5.10 Å². The summed E-state index contributed by atoms with van der Waals surface area (Å²) in [5.74, 6) is 0.712. The van der Waals surface area contributed by atoms with Crippen LogP contribution in [0.15, 0.2) is 24.4 Å². The fraction of sp³-hybridized carbons (Fsp3) is 0.462. The average molecular weight is 217 g/mol. The second-order valence-electron chi connectivity index (χ2n) is 4.81. The molecule has 0 radical (unpaired) electrons. The molecule has 2 rings (SSSR count). The molecule has 3 heteroatoms. The maximum Gasteiger partial charge on any atom is 0.0881 e. The minimum atomic E-state index is 0.480. The van der Waals surface area contributed by atoms with Gasteiger partial charge in [-0.15, -0.1) is 0 Å². The molecule has 2 N–H and O–H groups in total. The first-order valence-corrected chi connectivity index (χ1v) is 5.85. The molecule has 0 spiro atoms. The van der Waals surface area contributed by atoms with E-state index in [1.54, 1.807) is 0 Å². The summed E-state index contributed by atoms with van der Waals surface area (Å²) in [5, 5.41) is 11.8. The number of hydrogen-bond donors (Lipinski definition) is 2. The minimum absolute atomic E-state index is 0.480. The van der Waals surface area contributed by atoms with Crippen molar-refractivity contribution < 1.29 is 0 Å². The molecule has 0 bridgehead atoms. The Bertz CT molecular complexity index is 459. The first-order valence-electron chi connectivity index (χ1n) is 5.85. The topological polar surface area (TPSA) is 40.7 Å². The first-order chi connectivity index (χ1) is 7.66. The van der Waals surface area contributed by atoms with Crippen LogP contribution in [0.4, 0.5) is 5.69 Å². The summed E-state index contributed by atoms with van der Waals surface area (Å²) >= 11 is 0. The molecular weight excluding hydrogens is 198 g/mol. The van der Waals surface area contributed by atoms with Gasteiger partial charge in [-0.05, 0) is 25.3 Å². The summed E-state index contributed by atoms with van der Waals surface area (Å²) in [6.45, 7) is 6.71. The minimum Gasteiger partial charge on any atom is -0.381 e. The molecule has 0 aliphatic rings. The van der Waals surface area contributed by atoms with Gasteiger partial charge in [0.05, 0.1) is 17.4 Å². The Labute approximate surface area is 96.2 Å². The number of para-hydroxylation sites is 1. The smallest absolute Gasteiger partial charge is 0.0881 e. The molecule has 1 heterocycles. The highest BCUT2D eigenvalue weighted by Gasteiger charge is 2.07. The van der Waals surface area contributed by atoms with E-state index >= 15 is 0 Å². The molecule has 0 unspecified atom stereocenters. The van der Waals surface area contributed by atoms with Gasteiger partial charge in [0.1, 0.15) is 0 Å². The largest absolute Gasteiger partial charge is 0.381 e. The summed E-state index contributed by atoms with van der Waals surface area (Å²) in [6, 6.07) is 6.70. The number of hydrogen-bond acceptors (Lipinski definition) is 2. The number of rotatable bonds is 4. The quantitative estimate of drug-likeness (QED) is 0.824. The summed E-state index contributed by atoms with van der Waals surface area (Å²) < 4.78 is 0. The van der Waals surface area contributed by atoms with Gasteiger partial charge in [0.2, 0.25) is 0 Å². The normalized spacial score (nSPS) is 13.2. The van der Waals surface area contributed by atoms with Crippen molar-refractivity contribution >= 4 is 16.6 Å². The molecule has 0 amide bonds. The van der Waals surface area contributed by atoms with Crippen molar-refractivity contribution in [2.75, 3.05) is 5.32 Å². The number of aromatic nitrogens is 2. The number of anilines is 1. The van der Waals surface area contributed by atoms with E-state index in [0.29, 0.717) is 12.0 Å². The van der Waals surface area contributed by atoms with Crippen LogP contribution in [-0.4, -0.2) is 16.2 Å². The zero-order chi connectivity index (χ0) is 11.5. The molecule has 1 aromatic heterocycles. The van der Waals surface area contributed by atoms with Gasteiger partial charge in [-0.2, -0.15) is 5.10 Å². The standard InChI is InChI=1S/C13H19N3/c1-9(2)7-10(3)15-12-6-4-5-11-8-14-16-13(11)12/h4-6,8-10,15H,7H2,1-3H3,(H,14,16)/t10-/m0/s1. The molecule has 2 aromatic rings. The molecule has 1 aromatic carbocycles. The molecule has 86 valence electrons.